The maximum atomic E-state index is 12.8. The van der Waals surface area contributed by atoms with E-state index in [1.807, 2.05) is 39.0 Å². The standard InChI is InChI=1S/C23H33N5O4S/c1-4-25-20(29)15-32-18-9-7-8-17(13-18)27-11-10-19-23(31)28(6-3)21(33-19)12-16(14-24)22(30)26-5-2/h7-9,13,16,19,21,27H,4-6,10-12,15H2,1-3H3,(H,25,29)(H,26,30). The number of hydrogen-bond donors (Lipinski definition) is 3. The second kappa shape index (κ2) is 13.6. The fourth-order valence-corrected chi connectivity index (χ4v) is 5.13. The maximum absolute atomic E-state index is 12.8. The van der Waals surface area contributed by atoms with Crippen LogP contribution in [0.5, 0.6) is 5.75 Å². The highest BCUT2D eigenvalue weighted by molar-refractivity contribution is 8.01. The lowest BCUT2D eigenvalue weighted by atomic mass is 10.1. The van der Waals surface area contributed by atoms with Crippen LogP contribution in [0.2, 0.25) is 0 Å². The summed E-state index contributed by atoms with van der Waals surface area (Å²) in [4.78, 5) is 38.3. The van der Waals surface area contributed by atoms with Gasteiger partial charge in [0.1, 0.15) is 11.7 Å². The van der Waals surface area contributed by atoms with Gasteiger partial charge in [0, 0.05) is 44.4 Å². The molecule has 1 aliphatic rings. The Kier molecular flexibility index (Phi) is 10.8. The number of nitriles is 1. The van der Waals surface area contributed by atoms with Crippen LogP contribution in [0.4, 0.5) is 5.69 Å². The summed E-state index contributed by atoms with van der Waals surface area (Å²) in [5.74, 6) is -0.608. The highest BCUT2D eigenvalue weighted by Gasteiger charge is 2.40. The van der Waals surface area contributed by atoms with E-state index in [1.165, 1.54) is 11.8 Å². The molecule has 1 saturated heterocycles. The number of thioether (sulfide) groups is 1. The van der Waals surface area contributed by atoms with Gasteiger partial charge in [0.25, 0.3) is 5.91 Å². The van der Waals surface area contributed by atoms with Crippen LogP contribution in [-0.4, -0.2) is 66.0 Å². The monoisotopic (exact) mass is 475 g/mol. The van der Waals surface area contributed by atoms with E-state index in [-0.39, 0.29) is 35.0 Å². The summed E-state index contributed by atoms with van der Waals surface area (Å²) >= 11 is 1.52. The Morgan fingerprint density at radius 1 is 1.24 bits per heavy atom. The second-order valence-electron chi connectivity index (χ2n) is 7.50. The van der Waals surface area contributed by atoms with E-state index < -0.39 is 5.92 Å². The average Bonchev–Trinajstić information content (AvgIpc) is 3.10. The van der Waals surface area contributed by atoms with E-state index in [2.05, 4.69) is 22.0 Å². The van der Waals surface area contributed by atoms with Crippen molar-refractivity contribution in [2.45, 2.75) is 44.2 Å². The predicted molar refractivity (Wildman–Crippen MR) is 129 cm³/mol. The molecule has 180 valence electrons. The number of amides is 3. The van der Waals surface area contributed by atoms with Crippen molar-refractivity contribution in [3.8, 4) is 11.8 Å². The molecule has 2 rings (SSSR count). The van der Waals surface area contributed by atoms with Gasteiger partial charge in [-0.05, 0) is 39.3 Å². The Labute approximate surface area is 199 Å². The molecule has 0 aliphatic carbocycles. The fraction of sp³-hybridized carbons (Fsp3) is 0.565. The summed E-state index contributed by atoms with van der Waals surface area (Å²) in [5, 5.41) is 17.6. The molecule has 1 fully saturated rings. The quantitative estimate of drug-likeness (QED) is 0.398. The van der Waals surface area contributed by atoms with Crippen LogP contribution < -0.4 is 20.7 Å². The summed E-state index contributed by atoms with van der Waals surface area (Å²) in [5.41, 5.74) is 0.837. The second-order valence-corrected chi connectivity index (χ2v) is 8.89. The topological polar surface area (TPSA) is 124 Å². The molecule has 1 heterocycles. The first-order valence-corrected chi connectivity index (χ1v) is 12.2. The highest BCUT2D eigenvalue weighted by Crippen LogP contribution is 2.37. The van der Waals surface area contributed by atoms with Crippen LogP contribution in [0.25, 0.3) is 0 Å². The minimum absolute atomic E-state index is 0.0425. The van der Waals surface area contributed by atoms with E-state index in [4.69, 9.17) is 4.74 Å². The maximum Gasteiger partial charge on any atom is 0.257 e. The number of nitrogens with zero attached hydrogens (tertiary/aromatic N) is 2. The molecular formula is C23H33N5O4S. The Bertz CT molecular complexity index is 859. The molecule has 0 saturated carbocycles. The zero-order valence-corrected chi connectivity index (χ0v) is 20.2. The van der Waals surface area contributed by atoms with Gasteiger partial charge in [-0.15, -0.1) is 11.8 Å². The van der Waals surface area contributed by atoms with Gasteiger partial charge in [-0.3, -0.25) is 14.4 Å². The Balaban J connectivity index is 1.88. The third-order valence-electron chi connectivity index (χ3n) is 5.14. The zero-order valence-electron chi connectivity index (χ0n) is 19.4. The van der Waals surface area contributed by atoms with E-state index >= 15 is 0 Å². The summed E-state index contributed by atoms with van der Waals surface area (Å²) in [6, 6.07) is 9.40. The van der Waals surface area contributed by atoms with E-state index in [0.29, 0.717) is 44.8 Å². The van der Waals surface area contributed by atoms with E-state index in [1.54, 1.807) is 11.0 Å². The SMILES string of the molecule is CCNC(=O)COc1cccc(NCCC2SC(CC(C#N)C(=O)NCC)N(CC)C2=O)c1. The molecule has 1 aromatic rings. The average molecular weight is 476 g/mol. The number of anilines is 1. The largest absolute Gasteiger partial charge is 0.484 e. The van der Waals surface area contributed by atoms with Crippen molar-refractivity contribution in [3.63, 3.8) is 0 Å². The van der Waals surface area contributed by atoms with Crippen LogP contribution >= 0.6 is 11.8 Å². The smallest absolute Gasteiger partial charge is 0.257 e. The van der Waals surface area contributed by atoms with Crippen molar-refractivity contribution in [2.75, 3.05) is 38.1 Å². The normalized spacial score (nSPS) is 18.4. The molecule has 9 nitrogen and oxygen atoms in total. The van der Waals surface area contributed by atoms with Gasteiger partial charge >= 0.3 is 0 Å². The molecule has 3 unspecified atom stereocenters. The molecule has 0 spiro atoms. The number of hydrogen-bond acceptors (Lipinski definition) is 7. The third-order valence-corrected chi connectivity index (χ3v) is 6.67. The third kappa shape index (κ3) is 7.86. The molecule has 1 aromatic carbocycles. The van der Waals surface area contributed by atoms with Crippen LogP contribution in [0, 0.1) is 17.2 Å². The lowest BCUT2D eigenvalue weighted by Crippen LogP contribution is -2.38. The number of rotatable bonds is 13. The highest BCUT2D eigenvalue weighted by atomic mass is 32.2. The summed E-state index contributed by atoms with van der Waals surface area (Å²) < 4.78 is 5.51. The van der Waals surface area contributed by atoms with Gasteiger partial charge in [0.15, 0.2) is 6.61 Å². The molecule has 33 heavy (non-hydrogen) atoms. The molecule has 3 N–H and O–H groups in total. The van der Waals surface area contributed by atoms with Crippen LogP contribution in [-0.2, 0) is 14.4 Å². The molecule has 3 amide bonds. The number of likely N-dealkylation sites (N-methyl/N-ethyl adjacent to an activating group) is 1. The fourth-order valence-electron chi connectivity index (χ4n) is 3.54. The number of benzene rings is 1. The molecule has 1 aliphatic heterocycles. The Morgan fingerprint density at radius 2 is 2.00 bits per heavy atom. The molecule has 0 radical (unpaired) electrons. The lowest BCUT2D eigenvalue weighted by molar-refractivity contribution is -0.131. The summed E-state index contributed by atoms with van der Waals surface area (Å²) in [6.07, 6.45) is 0.931. The van der Waals surface area contributed by atoms with E-state index in [9.17, 15) is 19.6 Å². The summed E-state index contributed by atoms with van der Waals surface area (Å²) in [7, 11) is 0. The van der Waals surface area contributed by atoms with Crippen LogP contribution in [0.1, 0.15) is 33.6 Å². The zero-order chi connectivity index (χ0) is 24.2. The van der Waals surface area contributed by atoms with Crippen molar-refractivity contribution in [2.24, 2.45) is 5.92 Å². The van der Waals surface area contributed by atoms with Gasteiger partial charge in [0.05, 0.1) is 16.7 Å². The van der Waals surface area contributed by atoms with Crippen molar-refractivity contribution in [1.82, 2.24) is 15.5 Å². The molecule has 3 atom stereocenters. The first-order valence-electron chi connectivity index (χ1n) is 11.3. The van der Waals surface area contributed by atoms with Gasteiger partial charge in [-0.1, -0.05) is 6.07 Å². The predicted octanol–water partition coefficient (Wildman–Crippen LogP) is 1.96. The van der Waals surface area contributed by atoms with E-state index in [0.717, 1.165) is 5.69 Å². The van der Waals surface area contributed by atoms with Gasteiger partial charge < -0.3 is 25.6 Å². The Morgan fingerprint density at radius 3 is 2.67 bits per heavy atom. The van der Waals surface area contributed by atoms with Crippen molar-refractivity contribution in [3.05, 3.63) is 24.3 Å². The number of carbonyl (C=O) groups is 3. The van der Waals surface area contributed by atoms with Gasteiger partial charge in [0.2, 0.25) is 11.8 Å². The number of nitrogens with one attached hydrogen (secondary N) is 3. The van der Waals surface area contributed by atoms with Crippen LogP contribution in [0.3, 0.4) is 0 Å². The minimum atomic E-state index is -0.775. The van der Waals surface area contributed by atoms with Crippen LogP contribution in [0.15, 0.2) is 24.3 Å². The molecular weight excluding hydrogens is 442 g/mol. The number of carbonyl (C=O) groups excluding carboxylic acids is 3. The first kappa shape index (κ1) is 26.3. The minimum Gasteiger partial charge on any atom is -0.484 e. The molecule has 10 heteroatoms. The summed E-state index contributed by atoms with van der Waals surface area (Å²) in [6.45, 7) is 7.67. The van der Waals surface area contributed by atoms with Gasteiger partial charge in [-0.2, -0.15) is 5.26 Å². The van der Waals surface area contributed by atoms with Crippen molar-refractivity contribution in [1.29, 1.82) is 5.26 Å². The molecule has 0 aromatic heterocycles. The molecule has 0 bridgehead atoms. The lowest BCUT2D eigenvalue weighted by Gasteiger charge is -2.23. The van der Waals surface area contributed by atoms with Gasteiger partial charge in [-0.25, -0.2) is 0 Å². The Hall–Kier alpha value is -2.93. The number of ether oxygens (including phenoxy) is 1. The first-order chi connectivity index (χ1) is 15.9. The van der Waals surface area contributed by atoms with Crippen molar-refractivity contribution >= 4 is 35.2 Å². The van der Waals surface area contributed by atoms with Crippen molar-refractivity contribution < 1.29 is 19.1 Å².